The van der Waals surface area contributed by atoms with Gasteiger partial charge in [0.2, 0.25) is 0 Å². The van der Waals surface area contributed by atoms with Crippen molar-refractivity contribution >= 4 is 21.9 Å². The molecule has 0 spiro atoms. The highest BCUT2D eigenvalue weighted by Crippen LogP contribution is 2.21. The second kappa shape index (κ2) is 5.91. The summed E-state index contributed by atoms with van der Waals surface area (Å²) in [5.74, 6) is -0.439. The number of carboxylic acids is 1. The molecule has 0 atom stereocenters. The Morgan fingerprint density at radius 2 is 2.14 bits per heavy atom. The third kappa shape index (κ3) is 2.96. The highest BCUT2D eigenvalue weighted by atomic mass is 79.9. The van der Waals surface area contributed by atoms with E-state index in [4.69, 9.17) is 0 Å². The van der Waals surface area contributed by atoms with Crippen LogP contribution in [0.15, 0.2) is 28.7 Å². The molecule has 3 rings (SSSR count). The van der Waals surface area contributed by atoms with Gasteiger partial charge < -0.3 is 10.4 Å². The number of benzene rings is 1. The summed E-state index contributed by atoms with van der Waals surface area (Å²) in [6, 6.07) is 7.82. The molecule has 2 N–H and O–H groups in total. The molecule has 0 aliphatic carbocycles. The quantitative estimate of drug-likeness (QED) is 0.889. The van der Waals surface area contributed by atoms with Crippen molar-refractivity contribution in [2.75, 3.05) is 6.54 Å². The van der Waals surface area contributed by atoms with Gasteiger partial charge in [-0.3, -0.25) is 0 Å². The summed E-state index contributed by atoms with van der Waals surface area (Å²) < 4.78 is 0.977. The summed E-state index contributed by atoms with van der Waals surface area (Å²) >= 11 is 3.49. The van der Waals surface area contributed by atoms with Gasteiger partial charge in [0, 0.05) is 36.0 Å². The van der Waals surface area contributed by atoms with Gasteiger partial charge in [-0.2, -0.15) is 0 Å². The number of carboxylic acid groups (broad SMARTS) is 1. The van der Waals surface area contributed by atoms with E-state index in [0.717, 1.165) is 28.7 Å². The zero-order chi connectivity index (χ0) is 14.8. The Bertz CT molecular complexity index is 703. The lowest BCUT2D eigenvalue weighted by Gasteiger charge is -2.18. The minimum absolute atomic E-state index is 0.120. The molecule has 21 heavy (non-hydrogen) atoms. The zero-order valence-electron chi connectivity index (χ0n) is 11.3. The largest absolute Gasteiger partial charge is 0.476 e. The number of hydrogen-bond acceptors (Lipinski definition) is 4. The maximum atomic E-state index is 11.4. The van der Waals surface area contributed by atoms with Crippen molar-refractivity contribution < 1.29 is 9.90 Å². The monoisotopic (exact) mass is 347 g/mol. The standard InChI is InChI=1S/C15H14BrN3O2/c16-11-4-2-1-3-9(11)7-13-18-12-5-6-17-8-10(12)14(19-13)15(20)21/h1-4,17H,5-8H2,(H,20,21). The van der Waals surface area contributed by atoms with Crippen LogP contribution in [0.2, 0.25) is 0 Å². The molecule has 1 aliphatic heterocycles. The number of hydrogen-bond donors (Lipinski definition) is 2. The van der Waals surface area contributed by atoms with E-state index in [-0.39, 0.29) is 5.69 Å². The van der Waals surface area contributed by atoms with Gasteiger partial charge in [0.1, 0.15) is 5.82 Å². The molecule has 108 valence electrons. The lowest BCUT2D eigenvalue weighted by Crippen LogP contribution is -2.28. The third-order valence-corrected chi connectivity index (χ3v) is 4.26. The Morgan fingerprint density at radius 1 is 1.33 bits per heavy atom. The van der Waals surface area contributed by atoms with Crippen LogP contribution in [0.3, 0.4) is 0 Å². The van der Waals surface area contributed by atoms with Gasteiger partial charge in [-0.1, -0.05) is 34.1 Å². The minimum Gasteiger partial charge on any atom is -0.476 e. The Morgan fingerprint density at radius 3 is 2.90 bits per heavy atom. The second-order valence-electron chi connectivity index (χ2n) is 4.91. The average molecular weight is 348 g/mol. The fraction of sp³-hybridized carbons (Fsp3) is 0.267. The van der Waals surface area contributed by atoms with Gasteiger partial charge in [-0.25, -0.2) is 14.8 Å². The van der Waals surface area contributed by atoms with Crippen molar-refractivity contribution in [3.63, 3.8) is 0 Å². The van der Waals surface area contributed by atoms with Crippen LogP contribution >= 0.6 is 15.9 Å². The highest BCUT2D eigenvalue weighted by Gasteiger charge is 2.21. The van der Waals surface area contributed by atoms with Gasteiger partial charge in [0.05, 0.1) is 5.69 Å². The number of aromatic carboxylic acids is 1. The molecule has 2 aromatic rings. The van der Waals surface area contributed by atoms with Crippen molar-refractivity contribution in [3.05, 3.63) is 57.1 Å². The number of nitrogens with zero attached hydrogens (tertiary/aromatic N) is 2. The van der Waals surface area contributed by atoms with E-state index in [2.05, 4.69) is 31.2 Å². The van der Waals surface area contributed by atoms with Gasteiger partial charge in [-0.05, 0) is 11.6 Å². The minimum atomic E-state index is -0.995. The average Bonchev–Trinajstić information content (AvgIpc) is 2.48. The van der Waals surface area contributed by atoms with E-state index in [0.29, 0.717) is 24.4 Å². The molecule has 0 saturated heterocycles. The molecule has 1 aromatic carbocycles. The zero-order valence-corrected chi connectivity index (χ0v) is 12.9. The molecule has 1 aliphatic rings. The summed E-state index contributed by atoms with van der Waals surface area (Å²) in [5.41, 5.74) is 2.73. The van der Waals surface area contributed by atoms with Crippen LogP contribution in [-0.2, 0) is 19.4 Å². The molecule has 6 heteroatoms. The summed E-state index contributed by atoms with van der Waals surface area (Å²) in [6.45, 7) is 1.34. The van der Waals surface area contributed by atoms with E-state index in [1.54, 1.807) is 0 Å². The van der Waals surface area contributed by atoms with E-state index < -0.39 is 5.97 Å². The van der Waals surface area contributed by atoms with Gasteiger partial charge in [-0.15, -0.1) is 0 Å². The maximum absolute atomic E-state index is 11.4. The van der Waals surface area contributed by atoms with Gasteiger partial charge >= 0.3 is 5.97 Å². The third-order valence-electron chi connectivity index (χ3n) is 3.49. The molecule has 0 bridgehead atoms. The lowest BCUT2D eigenvalue weighted by molar-refractivity contribution is 0.0688. The molecule has 0 saturated carbocycles. The normalized spacial score (nSPS) is 13.8. The molecule has 2 heterocycles. The number of aromatic nitrogens is 2. The predicted molar refractivity (Wildman–Crippen MR) is 81.4 cm³/mol. The first-order valence-electron chi connectivity index (χ1n) is 6.71. The number of halogens is 1. The molecule has 1 aromatic heterocycles. The van der Waals surface area contributed by atoms with E-state index >= 15 is 0 Å². The number of carbonyl (C=O) groups is 1. The lowest BCUT2D eigenvalue weighted by atomic mass is 10.0. The second-order valence-corrected chi connectivity index (χ2v) is 5.77. The molecule has 0 fully saturated rings. The number of fused-ring (bicyclic) bond motifs is 1. The summed E-state index contributed by atoms with van der Waals surface area (Å²) in [4.78, 5) is 20.2. The fourth-order valence-corrected chi connectivity index (χ4v) is 2.89. The van der Waals surface area contributed by atoms with Crippen LogP contribution in [0.5, 0.6) is 0 Å². The first-order valence-corrected chi connectivity index (χ1v) is 7.50. The maximum Gasteiger partial charge on any atom is 0.354 e. The molecular formula is C15H14BrN3O2. The van der Waals surface area contributed by atoms with Crippen LogP contribution in [0.4, 0.5) is 0 Å². The van der Waals surface area contributed by atoms with Crippen LogP contribution < -0.4 is 5.32 Å². The summed E-state index contributed by atoms with van der Waals surface area (Å²) in [5, 5.41) is 12.5. The highest BCUT2D eigenvalue weighted by molar-refractivity contribution is 9.10. The topological polar surface area (TPSA) is 75.1 Å². The Hall–Kier alpha value is -1.79. The van der Waals surface area contributed by atoms with E-state index in [1.807, 2.05) is 24.3 Å². The van der Waals surface area contributed by atoms with Crippen LogP contribution in [0, 0.1) is 0 Å². The molecular weight excluding hydrogens is 334 g/mol. The summed E-state index contributed by atoms with van der Waals surface area (Å²) in [6.07, 6.45) is 1.25. The summed E-state index contributed by atoms with van der Waals surface area (Å²) in [7, 11) is 0. The van der Waals surface area contributed by atoms with Crippen molar-refractivity contribution in [3.8, 4) is 0 Å². The fourth-order valence-electron chi connectivity index (χ4n) is 2.46. The molecule has 0 unspecified atom stereocenters. The Kier molecular flexibility index (Phi) is 3.98. The van der Waals surface area contributed by atoms with Crippen molar-refractivity contribution in [2.24, 2.45) is 0 Å². The van der Waals surface area contributed by atoms with Crippen LogP contribution in [-0.4, -0.2) is 27.6 Å². The van der Waals surface area contributed by atoms with E-state index in [1.165, 1.54) is 0 Å². The molecule has 0 radical (unpaired) electrons. The first-order chi connectivity index (χ1) is 10.1. The Balaban J connectivity index is 2.01. The van der Waals surface area contributed by atoms with Crippen molar-refractivity contribution in [1.29, 1.82) is 0 Å². The van der Waals surface area contributed by atoms with Gasteiger partial charge in [0.25, 0.3) is 0 Å². The number of nitrogens with one attached hydrogen (secondary N) is 1. The van der Waals surface area contributed by atoms with Gasteiger partial charge in [0.15, 0.2) is 5.69 Å². The van der Waals surface area contributed by atoms with E-state index in [9.17, 15) is 9.90 Å². The molecule has 0 amide bonds. The first kappa shape index (κ1) is 14.2. The molecule has 5 nitrogen and oxygen atoms in total. The van der Waals surface area contributed by atoms with Crippen molar-refractivity contribution in [1.82, 2.24) is 15.3 Å². The van der Waals surface area contributed by atoms with Crippen LogP contribution in [0.1, 0.15) is 33.1 Å². The SMILES string of the molecule is O=C(O)c1nc(Cc2ccccc2Br)nc2c1CNCC2. The number of rotatable bonds is 3. The predicted octanol–water partition coefficient (Wildman–Crippen LogP) is 2.17. The Labute approximate surface area is 130 Å². The van der Waals surface area contributed by atoms with Crippen LogP contribution in [0.25, 0.3) is 0 Å². The smallest absolute Gasteiger partial charge is 0.354 e. The van der Waals surface area contributed by atoms with Crippen molar-refractivity contribution in [2.45, 2.75) is 19.4 Å².